The van der Waals surface area contributed by atoms with Crippen molar-refractivity contribution in [3.8, 4) is 11.4 Å². The predicted molar refractivity (Wildman–Crippen MR) is 126 cm³/mol. The summed E-state index contributed by atoms with van der Waals surface area (Å²) in [4.78, 5) is 44.2. The average molecular weight is 458 g/mol. The summed E-state index contributed by atoms with van der Waals surface area (Å²) >= 11 is 0. The van der Waals surface area contributed by atoms with E-state index in [1.165, 1.54) is 12.5 Å². The van der Waals surface area contributed by atoms with Crippen molar-refractivity contribution in [3.05, 3.63) is 77.0 Å². The number of methoxy groups -OCH3 is 1. The molecule has 1 atom stereocenters. The summed E-state index contributed by atoms with van der Waals surface area (Å²) in [5.41, 5.74) is 5.08. The molecular formula is C24H22N6O4. The van der Waals surface area contributed by atoms with Crippen LogP contribution in [-0.2, 0) is 9.59 Å². The molecule has 1 saturated heterocycles. The lowest BCUT2D eigenvalue weighted by atomic mass is 10.1. The van der Waals surface area contributed by atoms with E-state index >= 15 is 0 Å². The Bertz CT molecular complexity index is 1440. The first-order valence-electron chi connectivity index (χ1n) is 10.7. The molecule has 0 saturated carbocycles. The highest BCUT2D eigenvalue weighted by atomic mass is 16.5. The lowest BCUT2D eigenvalue weighted by molar-refractivity contribution is -0.123. The van der Waals surface area contributed by atoms with Crippen LogP contribution in [-0.4, -0.2) is 44.9 Å². The topological polar surface area (TPSA) is 111 Å². The summed E-state index contributed by atoms with van der Waals surface area (Å²) in [6.45, 7) is 2.20. The van der Waals surface area contributed by atoms with Gasteiger partial charge in [-0.25, -0.2) is 14.3 Å². The molecule has 4 aromatic rings. The van der Waals surface area contributed by atoms with Crippen molar-refractivity contribution in [1.29, 1.82) is 0 Å². The number of fused-ring (bicyclic) bond motifs is 1. The Morgan fingerprint density at radius 2 is 1.76 bits per heavy atom. The zero-order chi connectivity index (χ0) is 23.8. The summed E-state index contributed by atoms with van der Waals surface area (Å²) in [7, 11) is 1.57. The highest BCUT2D eigenvalue weighted by molar-refractivity contribution is 6.01. The van der Waals surface area contributed by atoms with E-state index in [0.717, 1.165) is 15.9 Å². The van der Waals surface area contributed by atoms with Gasteiger partial charge in [-0.3, -0.25) is 19.8 Å². The predicted octanol–water partition coefficient (Wildman–Crippen LogP) is 2.02. The largest absolute Gasteiger partial charge is 0.497 e. The molecule has 2 aromatic carbocycles. The third-order valence-electron chi connectivity index (χ3n) is 5.88. The number of benzene rings is 2. The van der Waals surface area contributed by atoms with Gasteiger partial charge in [-0.1, -0.05) is 17.7 Å². The Hall–Kier alpha value is -4.47. The molecule has 0 spiro atoms. The fraction of sp³-hybridized carbons (Fsp3) is 0.208. The molecule has 0 unspecified atom stereocenters. The van der Waals surface area contributed by atoms with Gasteiger partial charge >= 0.3 is 0 Å². The molecule has 1 aliphatic heterocycles. The smallest absolute Gasteiger partial charge is 0.283 e. The minimum atomic E-state index is -0.604. The van der Waals surface area contributed by atoms with Crippen LogP contribution in [0.3, 0.4) is 0 Å². The van der Waals surface area contributed by atoms with Gasteiger partial charge in [-0.2, -0.15) is 5.10 Å². The zero-order valence-electron chi connectivity index (χ0n) is 18.6. The van der Waals surface area contributed by atoms with E-state index in [9.17, 15) is 14.4 Å². The molecule has 3 heterocycles. The lowest BCUT2D eigenvalue weighted by Gasteiger charge is -2.17. The van der Waals surface area contributed by atoms with Crippen molar-refractivity contribution in [2.24, 2.45) is 5.92 Å². The van der Waals surface area contributed by atoms with Crippen molar-refractivity contribution >= 4 is 28.5 Å². The van der Waals surface area contributed by atoms with Gasteiger partial charge in [0.1, 0.15) is 17.5 Å². The molecule has 10 nitrogen and oxygen atoms in total. The van der Waals surface area contributed by atoms with Crippen molar-refractivity contribution in [2.45, 2.75) is 13.3 Å². The SMILES string of the molecule is COc1ccc(N2C[C@@H](C(=O)Nn3cnc4c(cnn4-c4ccc(C)cc4)c3=O)CC2=O)cc1. The Labute approximate surface area is 194 Å². The molecule has 2 amide bonds. The van der Waals surface area contributed by atoms with E-state index in [2.05, 4.69) is 15.5 Å². The van der Waals surface area contributed by atoms with Crippen LogP contribution in [0.25, 0.3) is 16.7 Å². The van der Waals surface area contributed by atoms with Crippen LogP contribution < -0.4 is 20.6 Å². The van der Waals surface area contributed by atoms with E-state index in [4.69, 9.17) is 4.74 Å². The Balaban J connectivity index is 1.34. The maximum absolute atomic E-state index is 13.0. The van der Waals surface area contributed by atoms with Crippen molar-refractivity contribution in [2.75, 3.05) is 24.0 Å². The summed E-state index contributed by atoms with van der Waals surface area (Å²) in [6, 6.07) is 14.7. The number of carbonyl (C=O) groups excluding carboxylic acids is 2. The number of rotatable bonds is 5. The lowest BCUT2D eigenvalue weighted by Crippen LogP contribution is -2.37. The second-order valence-electron chi connectivity index (χ2n) is 8.13. The maximum Gasteiger partial charge on any atom is 0.283 e. The number of aromatic nitrogens is 4. The number of anilines is 1. The quantitative estimate of drug-likeness (QED) is 0.490. The average Bonchev–Trinajstić information content (AvgIpc) is 3.46. The van der Waals surface area contributed by atoms with Crippen LogP contribution >= 0.6 is 0 Å². The summed E-state index contributed by atoms with van der Waals surface area (Å²) in [6.07, 6.45) is 2.73. The van der Waals surface area contributed by atoms with E-state index in [-0.39, 0.29) is 24.3 Å². The first-order chi connectivity index (χ1) is 16.4. The maximum atomic E-state index is 13.0. The van der Waals surface area contributed by atoms with Gasteiger partial charge < -0.3 is 9.64 Å². The summed E-state index contributed by atoms with van der Waals surface area (Å²) in [5, 5.41) is 4.56. The molecule has 2 aromatic heterocycles. The van der Waals surface area contributed by atoms with Crippen LogP contribution in [0.2, 0.25) is 0 Å². The fourth-order valence-electron chi connectivity index (χ4n) is 3.97. The summed E-state index contributed by atoms with van der Waals surface area (Å²) < 4.78 is 7.75. The minimum absolute atomic E-state index is 0.0492. The van der Waals surface area contributed by atoms with E-state index in [0.29, 0.717) is 17.1 Å². The fourth-order valence-corrected chi connectivity index (χ4v) is 3.97. The van der Waals surface area contributed by atoms with E-state index in [1.807, 2.05) is 31.2 Å². The molecular weight excluding hydrogens is 436 g/mol. The molecule has 0 radical (unpaired) electrons. The van der Waals surface area contributed by atoms with Crippen molar-refractivity contribution in [3.63, 3.8) is 0 Å². The second-order valence-corrected chi connectivity index (χ2v) is 8.13. The first kappa shape index (κ1) is 21.4. The van der Waals surface area contributed by atoms with Gasteiger partial charge in [-0.15, -0.1) is 0 Å². The van der Waals surface area contributed by atoms with Crippen LogP contribution in [0.15, 0.2) is 65.8 Å². The van der Waals surface area contributed by atoms with E-state index in [1.54, 1.807) is 41.0 Å². The number of hydrogen-bond acceptors (Lipinski definition) is 6. The van der Waals surface area contributed by atoms with Crippen LogP contribution in [0.1, 0.15) is 12.0 Å². The molecule has 0 bridgehead atoms. The number of nitrogens with zero attached hydrogens (tertiary/aromatic N) is 5. The van der Waals surface area contributed by atoms with Crippen LogP contribution in [0.4, 0.5) is 5.69 Å². The number of ether oxygens (including phenoxy) is 1. The number of aryl methyl sites for hydroxylation is 1. The van der Waals surface area contributed by atoms with Crippen LogP contribution in [0.5, 0.6) is 5.75 Å². The van der Waals surface area contributed by atoms with Gasteiger partial charge in [0.15, 0.2) is 5.65 Å². The first-order valence-corrected chi connectivity index (χ1v) is 10.7. The monoisotopic (exact) mass is 458 g/mol. The van der Waals surface area contributed by atoms with Gasteiger partial charge in [0.05, 0.1) is 24.9 Å². The molecule has 34 heavy (non-hydrogen) atoms. The number of nitrogens with one attached hydrogen (secondary N) is 1. The van der Waals surface area contributed by atoms with Crippen molar-refractivity contribution < 1.29 is 14.3 Å². The Morgan fingerprint density at radius 3 is 2.47 bits per heavy atom. The van der Waals surface area contributed by atoms with Crippen molar-refractivity contribution in [1.82, 2.24) is 19.4 Å². The number of carbonyl (C=O) groups is 2. The van der Waals surface area contributed by atoms with E-state index < -0.39 is 17.4 Å². The minimum Gasteiger partial charge on any atom is -0.497 e. The number of hydrogen-bond donors (Lipinski definition) is 1. The highest BCUT2D eigenvalue weighted by Gasteiger charge is 2.35. The third kappa shape index (κ3) is 3.79. The third-order valence-corrected chi connectivity index (χ3v) is 5.88. The normalized spacial score (nSPS) is 15.6. The van der Waals surface area contributed by atoms with Gasteiger partial charge in [0.2, 0.25) is 11.8 Å². The second kappa shape index (κ2) is 8.47. The molecule has 1 aliphatic rings. The molecule has 1 N–H and O–H groups in total. The Morgan fingerprint density at radius 1 is 1.06 bits per heavy atom. The molecule has 10 heteroatoms. The standard InChI is InChI=1S/C24H22N6O4/c1-15-3-5-18(6-4-15)30-22-20(12-26-30)24(33)29(14-25-22)27-23(32)16-11-21(31)28(13-16)17-7-9-19(34-2)10-8-17/h3-10,12,14,16H,11,13H2,1-2H3,(H,27,32)/t16-/m0/s1. The zero-order valence-corrected chi connectivity index (χ0v) is 18.6. The highest BCUT2D eigenvalue weighted by Crippen LogP contribution is 2.27. The van der Waals surface area contributed by atoms with Gasteiger partial charge in [-0.05, 0) is 43.3 Å². The van der Waals surface area contributed by atoms with Gasteiger partial charge in [0.25, 0.3) is 5.56 Å². The molecule has 5 rings (SSSR count). The van der Waals surface area contributed by atoms with Gasteiger partial charge in [0, 0.05) is 18.7 Å². The van der Waals surface area contributed by atoms with Crippen LogP contribution in [0, 0.1) is 12.8 Å². The molecule has 1 fully saturated rings. The molecule has 172 valence electrons. The molecule has 0 aliphatic carbocycles. The summed E-state index contributed by atoms with van der Waals surface area (Å²) in [5.74, 6) is -0.519. The number of amides is 2. The Kier molecular flexibility index (Phi) is 5.33.